The first-order valence-corrected chi connectivity index (χ1v) is 7.83. The minimum atomic E-state index is -1.19. The van der Waals surface area contributed by atoms with Crippen LogP contribution in [0.2, 0.25) is 0 Å². The fourth-order valence-electron chi connectivity index (χ4n) is 3.19. The van der Waals surface area contributed by atoms with Crippen LogP contribution in [0, 0.1) is 0 Å². The first kappa shape index (κ1) is 14.8. The van der Waals surface area contributed by atoms with Crippen LogP contribution in [0.1, 0.15) is 17.5 Å². The number of carbonyl (C=O) groups is 1. The van der Waals surface area contributed by atoms with Crippen LogP contribution >= 0.6 is 0 Å². The second kappa shape index (κ2) is 5.39. The molecule has 1 atom stereocenters. The lowest BCUT2D eigenvalue weighted by molar-refractivity contribution is -0.143. The minimum absolute atomic E-state index is 0.315. The summed E-state index contributed by atoms with van der Waals surface area (Å²) in [5.74, 6) is 0.424. The molecule has 1 unspecified atom stereocenters. The lowest BCUT2D eigenvalue weighted by atomic mass is 9.78. The number of benzene rings is 2. The Bertz CT molecular complexity index is 930. The van der Waals surface area contributed by atoms with Crippen molar-refractivity contribution in [3.05, 3.63) is 59.9 Å². The summed E-state index contributed by atoms with van der Waals surface area (Å²) in [5.41, 5.74) is 7.71. The Kier molecular flexibility index (Phi) is 3.32. The van der Waals surface area contributed by atoms with Gasteiger partial charge in [0.2, 0.25) is 0 Å². The van der Waals surface area contributed by atoms with Gasteiger partial charge in [-0.15, -0.1) is 0 Å². The van der Waals surface area contributed by atoms with Crippen molar-refractivity contribution in [1.29, 1.82) is 0 Å². The zero-order valence-corrected chi connectivity index (χ0v) is 13.0. The Hall–Kier alpha value is -2.79. The molecule has 0 saturated carbocycles. The molecule has 2 aromatic carbocycles. The van der Waals surface area contributed by atoms with Gasteiger partial charge in [0.1, 0.15) is 22.6 Å². The Morgan fingerprint density at radius 3 is 2.75 bits per heavy atom. The summed E-state index contributed by atoms with van der Waals surface area (Å²) in [6.45, 7) is 0. The van der Waals surface area contributed by atoms with Crippen molar-refractivity contribution in [3.63, 3.8) is 0 Å². The van der Waals surface area contributed by atoms with E-state index in [1.54, 1.807) is 6.26 Å². The number of rotatable bonds is 3. The van der Waals surface area contributed by atoms with E-state index in [0.717, 1.165) is 22.1 Å². The van der Waals surface area contributed by atoms with Crippen molar-refractivity contribution >= 4 is 16.9 Å². The number of ether oxygens (including phenoxy) is 1. The first-order chi connectivity index (χ1) is 11.5. The number of hydrogen-bond donors (Lipinski definition) is 2. The van der Waals surface area contributed by atoms with Gasteiger partial charge >= 0.3 is 5.97 Å². The average molecular weight is 323 g/mol. The van der Waals surface area contributed by atoms with Crippen LogP contribution < -0.4 is 10.5 Å². The number of carboxylic acids is 1. The normalized spacial score (nSPS) is 19.9. The number of fused-ring (bicyclic) bond motifs is 2. The fourth-order valence-corrected chi connectivity index (χ4v) is 3.19. The minimum Gasteiger partial charge on any atom is -0.480 e. The number of aryl methyl sites for hydroxylation is 1. The molecule has 0 aliphatic heterocycles. The predicted octanol–water partition coefficient (Wildman–Crippen LogP) is 3.50. The Balaban J connectivity index is 1.62. The Morgan fingerprint density at radius 1 is 1.12 bits per heavy atom. The molecule has 24 heavy (non-hydrogen) atoms. The van der Waals surface area contributed by atoms with Gasteiger partial charge in [0.15, 0.2) is 0 Å². The molecule has 5 heteroatoms. The van der Waals surface area contributed by atoms with Gasteiger partial charge in [-0.25, -0.2) is 0 Å². The molecule has 0 bridgehead atoms. The molecule has 0 saturated heterocycles. The van der Waals surface area contributed by atoms with E-state index in [1.165, 1.54) is 0 Å². The lowest BCUT2D eigenvalue weighted by Gasteiger charge is -2.30. The van der Waals surface area contributed by atoms with E-state index in [4.69, 9.17) is 14.9 Å². The molecular formula is C19H17NO4. The van der Waals surface area contributed by atoms with Gasteiger partial charge in [0, 0.05) is 11.8 Å². The van der Waals surface area contributed by atoms with E-state index in [0.29, 0.717) is 30.8 Å². The second-order valence-electron chi connectivity index (χ2n) is 6.29. The molecule has 0 radical (unpaired) electrons. The van der Waals surface area contributed by atoms with Crippen molar-refractivity contribution in [3.8, 4) is 11.5 Å². The third-order valence-electron chi connectivity index (χ3n) is 4.61. The molecule has 1 heterocycles. The standard InChI is InChI=1S/C19H17NO4/c20-19(18(21)22)7-5-12-1-2-15(10-14(12)11-19)24-16-3-4-17-13(9-16)6-8-23-17/h1-4,6,8-10H,5,7,11,20H2,(H,21,22). The van der Waals surface area contributed by atoms with Crippen LogP contribution in [0.15, 0.2) is 53.1 Å². The molecule has 0 amide bonds. The van der Waals surface area contributed by atoms with Crippen LogP contribution in [-0.4, -0.2) is 16.6 Å². The number of furan rings is 1. The molecule has 1 aliphatic rings. The number of carboxylic acid groups (broad SMARTS) is 1. The van der Waals surface area contributed by atoms with Crippen LogP contribution in [0.4, 0.5) is 0 Å². The van der Waals surface area contributed by atoms with E-state index in [1.807, 2.05) is 42.5 Å². The van der Waals surface area contributed by atoms with Crippen LogP contribution in [0.3, 0.4) is 0 Å². The Morgan fingerprint density at radius 2 is 1.92 bits per heavy atom. The maximum atomic E-state index is 11.4. The zero-order chi connectivity index (χ0) is 16.7. The van der Waals surface area contributed by atoms with Crippen molar-refractivity contribution in [2.75, 3.05) is 0 Å². The largest absolute Gasteiger partial charge is 0.480 e. The highest BCUT2D eigenvalue weighted by Gasteiger charge is 2.37. The number of hydrogen-bond acceptors (Lipinski definition) is 4. The monoisotopic (exact) mass is 323 g/mol. The first-order valence-electron chi connectivity index (χ1n) is 7.83. The third-order valence-corrected chi connectivity index (χ3v) is 4.61. The van der Waals surface area contributed by atoms with Crippen molar-refractivity contribution < 1.29 is 19.1 Å². The van der Waals surface area contributed by atoms with Gasteiger partial charge in [0.05, 0.1) is 6.26 Å². The lowest BCUT2D eigenvalue weighted by Crippen LogP contribution is -2.52. The van der Waals surface area contributed by atoms with Crippen molar-refractivity contribution in [2.24, 2.45) is 5.73 Å². The highest BCUT2D eigenvalue weighted by molar-refractivity contribution is 5.80. The number of nitrogens with two attached hydrogens (primary N) is 1. The SMILES string of the molecule is NC1(C(=O)O)CCc2ccc(Oc3ccc4occc4c3)cc2C1. The van der Waals surface area contributed by atoms with Crippen molar-refractivity contribution in [1.82, 2.24) is 0 Å². The summed E-state index contributed by atoms with van der Waals surface area (Å²) in [4.78, 5) is 11.4. The second-order valence-corrected chi connectivity index (χ2v) is 6.29. The maximum Gasteiger partial charge on any atom is 0.324 e. The summed E-state index contributed by atoms with van der Waals surface area (Å²) < 4.78 is 11.2. The van der Waals surface area contributed by atoms with Crippen molar-refractivity contribution in [2.45, 2.75) is 24.8 Å². The van der Waals surface area contributed by atoms with E-state index in [2.05, 4.69) is 0 Å². The third kappa shape index (κ3) is 2.53. The molecular weight excluding hydrogens is 306 g/mol. The number of aliphatic carboxylic acids is 1. The van der Waals surface area contributed by atoms with E-state index in [9.17, 15) is 9.90 Å². The molecule has 122 valence electrons. The topological polar surface area (TPSA) is 85.7 Å². The van der Waals surface area contributed by atoms with Crippen LogP contribution in [0.5, 0.6) is 11.5 Å². The summed E-state index contributed by atoms with van der Waals surface area (Å²) in [5, 5.41) is 10.3. The average Bonchev–Trinajstić information content (AvgIpc) is 3.02. The molecule has 1 aromatic heterocycles. The van der Waals surface area contributed by atoms with Gasteiger partial charge in [-0.3, -0.25) is 4.79 Å². The highest BCUT2D eigenvalue weighted by Crippen LogP contribution is 2.32. The van der Waals surface area contributed by atoms with Crippen LogP contribution in [0.25, 0.3) is 11.0 Å². The summed E-state index contributed by atoms with van der Waals surface area (Å²) in [6, 6.07) is 13.3. The summed E-state index contributed by atoms with van der Waals surface area (Å²) in [7, 11) is 0. The van der Waals surface area contributed by atoms with E-state index >= 15 is 0 Å². The van der Waals surface area contributed by atoms with Gasteiger partial charge in [-0.05, 0) is 60.4 Å². The molecule has 0 spiro atoms. The molecule has 3 N–H and O–H groups in total. The summed E-state index contributed by atoms with van der Waals surface area (Å²) >= 11 is 0. The Labute approximate surface area is 138 Å². The highest BCUT2D eigenvalue weighted by atomic mass is 16.5. The molecule has 0 fully saturated rings. The molecule has 3 aromatic rings. The van der Waals surface area contributed by atoms with Gasteiger partial charge in [-0.2, -0.15) is 0 Å². The maximum absolute atomic E-state index is 11.4. The predicted molar refractivity (Wildman–Crippen MR) is 89.3 cm³/mol. The molecule has 1 aliphatic carbocycles. The fraction of sp³-hybridized carbons (Fsp3) is 0.211. The van der Waals surface area contributed by atoms with Gasteiger partial charge < -0.3 is 20.0 Å². The van der Waals surface area contributed by atoms with Crippen LogP contribution in [-0.2, 0) is 17.6 Å². The molecule has 4 rings (SSSR count). The summed E-state index contributed by atoms with van der Waals surface area (Å²) in [6.07, 6.45) is 3.07. The van der Waals surface area contributed by atoms with Gasteiger partial charge in [-0.1, -0.05) is 6.07 Å². The van der Waals surface area contributed by atoms with E-state index < -0.39 is 11.5 Å². The van der Waals surface area contributed by atoms with E-state index in [-0.39, 0.29) is 0 Å². The van der Waals surface area contributed by atoms with Gasteiger partial charge in [0.25, 0.3) is 0 Å². The zero-order valence-electron chi connectivity index (χ0n) is 13.0. The quantitative estimate of drug-likeness (QED) is 0.770. The smallest absolute Gasteiger partial charge is 0.324 e. The molecule has 5 nitrogen and oxygen atoms in total.